The Morgan fingerprint density at radius 1 is 1.11 bits per heavy atom. The minimum atomic E-state index is -0.117. The third-order valence-corrected chi connectivity index (χ3v) is 10.2. The SMILES string of the molecule is CCCC[C@H](O)[C@@H](C)C1CCC2C3CC=C4C[C@@H](O)CC[C@]4(C)C3CC[C@@]21C. The van der Waals surface area contributed by atoms with Crippen LogP contribution in [0.3, 0.4) is 0 Å². The third-order valence-electron chi connectivity index (χ3n) is 10.2. The van der Waals surface area contributed by atoms with Crippen LogP contribution in [0.4, 0.5) is 0 Å². The van der Waals surface area contributed by atoms with Gasteiger partial charge in [0.05, 0.1) is 12.2 Å². The van der Waals surface area contributed by atoms with Crippen LogP contribution in [0.15, 0.2) is 11.6 Å². The average Bonchev–Trinajstić information content (AvgIpc) is 3.03. The maximum absolute atomic E-state index is 10.8. The molecule has 3 saturated carbocycles. The fourth-order valence-electron chi connectivity index (χ4n) is 8.49. The minimum Gasteiger partial charge on any atom is -0.393 e. The summed E-state index contributed by atoms with van der Waals surface area (Å²) >= 11 is 0. The van der Waals surface area contributed by atoms with Gasteiger partial charge >= 0.3 is 0 Å². The first-order valence-electron chi connectivity index (χ1n) is 12.4. The largest absolute Gasteiger partial charge is 0.393 e. The monoisotopic (exact) mass is 388 g/mol. The first kappa shape index (κ1) is 20.9. The Kier molecular flexibility index (Phi) is 5.77. The number of aliphatic hydroxyl groups is 2. The van der Waals surface area contributed by atoms with Crippen LogP contribution < -0.4 is 0 Å². The zero-order valence-corrected chi connectivity index (χ0v) is 18.8. The van der Waals surface area contributed by atoms with Gasteiger partial charge in [-0.3, -0.25) is 0 Å². The topological polar surface area (TPSA) is 40.5 Å². The first-order valence-corrected chi connectivity index (χ1v) is 12.4. The molecular formula is C26H44O2. The van der Waals surface area contributed by atoms with Gasteiger partial charge in [-0.1, -0.05) is 52.2 Å². The van der Waals surface area contributed by atoms with Gasteiger partial charge in [0, 0.05) is 0 Å². The number of allylic oxidation sites excluding steroid dienone is 1. The van der Waals surface area contributed by atoms with Crippen molar-refractivity contribution in [3.8, 4) is 0 Å². The van der Waals surface area contributed by atoms with Crippen LogP contribution in [-0.4, -0.2) is 22.4 Å². The Morgan fingerprint density at radius 3 is 2.64 bits per heavy atom. The standard InChI is InChI=1S/C26H44O2/c1-5-6-7-24(28)17(2)21-10-11-22-20-9-8-18-16-19(27)12-14-25(18,3)23(20)13-15-26(21,22)4/h8,17,19-24,27-28H,5-7,9-16H2,1-4H3/t17-,19-,20?,21?,22?,23?,24-,25-,26+/m0/s1. The van der Waals surface area contributed by atoms with Gasteiger partial charge in [0.1, 0.15) is 0 Å². The lowest BCUT2D eigenvalue weighted by atomic mass is 9.47. The lowest BCUT2D eigenvalue weighted by molar-refractivity contribution is -0.0679. The van der Waals surface area contributed by atoms with E-state index >= 15 is 0 Å². The molecule has 160 valence electrons. The van der Waals surface area contributed by atoms with Gasteiger partial charge in [0.25, 0.3) is 0 Å². The van der Waals surface area contributed by atoms with Crippen molar-refractivity contribution < 1.29 is 10.2 Å². The molecule has 9 atom stereocenters. The number of rotatable bonds is 5. The summed E-state index contributed by atoms with van der Waals surface area (Å²) in [7, 11) is 0. The van der Waals surface area contributed by atoms with Crippen LogP contribution in [0.5, 0.6) is 0 Å². The van der Waals surface area contributed by atoms with E-state index < -0.39 is 0 Å². The lowest BCUT2D eigenvalue weighted by Gasteiger charge is -2.58. The van der Waals surface area contributed by atoms with Crippen LogP contribution in [-0.2, 0) is 0 Å². The van der Waals surface area contributed by atoms with Crippen molar-refractivity contribution in [2.75, 3.05) is 0 Å². The molecule has 0 spiro atoms. The van der Waals surface area contributed by atoms with Gasteiger partial charge in [0.2, 0.25) is 0 Å². The molecular weight excluding hydrogens is 344 g/mol. The van der Waals surface area contributed by atoms with Crippen LogP contribution in [0.25, 0.3) is 0 Å². The van der Waals surface area contributed by atoms with Gasteiger partial charge in [-0.05, 0) is 98.2 Å². The summed E-state index contributed by atoms with van der Waals surface area (Å²) < 4.78 is 0. The van der Waals surface area contributed by atoms with Crippen molar-refractivity contribution in [3.63, 3.8) is 0 Å². The first-order chi connectivity index (χ1) is 13.3. The van der Waals surface area contributed by atoms with E-state index in [-0.39, 0.29) is 12.2 Å². The Labute approximate surface area is 173 Å². The highest BCUT2D eigenvalue weighted by Crippen LogP contribution is 2.67. The van der Waals surface area contributed by atoms with Gasteiger partial charge in [-0.15, -0.1) is 0 Å². The summed E-state index contributed by atoms with van der Waals surface area (Å²) in [6.45, 7) is 9.67. The number of hydrogen-bond acceptors (Lipinski definition) is 2. The number of unbranched alkanes of at least 4 members (excludes halogenated alkanes) is 1. The summed E-state index contributed by atoms with van der Waals surface area (Å²) in [6, 6.07) is 0. The van der Waals surface area contributed by atoms with Gasteiger partial charge in [-0.25, -0.2) is 0 Å². The van der Waals surface area contributed by atoms with Crippen LogP contribution in [0.1, 0.15) is 98.3 Å². The number of fused-ring (bicyclic) bond motifs is 5. The minimum absolute atomic E-state index is 0.106. The molecule has 0 amide bonds. The second kappa shape index (κ2) is 7.73. The smallest absolute Gasteiger partial charge is 0.0577 e. The van der Waals surface area contributed by atoms with E-state index in [0.29, 0.717) is 22.7 Å². The second-order valence-electron chi connectivity index (χ2n) is 11.5. The maximum Gasteiger partial charge on any atom is 0.0577 e. The van der Waals surface area contributed by atoms with Crippen LogP contribution >= 0.6 is 0 Å². The summed E-state index contributed by atoms with van der Waals surface area (Å²) in [5, 5.41) is 21.0. The molecule has 4 rings (SSSR count). The molecule has 4 aliphatic rings. The summed E-state index contributed by atoms with van der Waals surface area (Å²) in [6.07, 6.45) is 15.4. The molecule has 0 bridgehead atoms. The van der Waals surface area contributed by atoms with Gasteiger partial charge in [-0.2, -0.15) is 0 Å². The van der Waals surface area contributed by atoms with Crippen molar-refractivity contribution in [3.05, 3.63) is 11.6 Å². The molecule has 4 aliphatic carbocycles. The number of hydrogen-bond donors (Lipinski definition) is 2. The van der Waals surface area contributed by atoms with E-state index in [4.69, 9.17) is 0 Å². The van der Waals surface area contributed by atoms with Gasteiger partial charge < -0.3 is 10.2 Å². The molecule has 0 saturated heterocycles. The molecule has 0 aliphatic heterocycles. The molecule has 2 nitrogen and oxygen atoms in total. The van der Waals surface area contributed by atoms with Crippen molar-refractivity contribution in [2.45, 2.75) is 111 Å². The van der Waals surface area contributed by atoms with Gasteiger partial charge in [0.15, 0.2) is 0 Å². The highest BCUT2D eigenvalue weighted by molar-refractivity contribution is 5.25. The van der Waals surface area contributed by atoms with Crippen LogP contribution in [0, 0.1) is 40.4 Å². The fraction of sp³-hybridized carbons (Fsp3) is 0.923. The highest BCUT2D eigenvalue weighted by Gasteiger charge is 2.59. The van der Waals surface area contributed by atoms with Crippen molar-refractivity contribution in [1.82, 2.24) is 0 Å². The molecule has 4 unspecified atom stereocenters. The molecule has 2 N–H and O–H groups in total. The predicted molar refractivity (Wildman–Crippen MR) is 116 cm³/mol. The summed E-state index contributed by atoms with van der Waals surface area (Å²) in [5.41, 5.74) is 2.34. The average molecular weight is 389 g/mol. The van der Waals surface area contributed by atoms with Crippen molar-refractivity contribution in [2.24, 2.45) is 40.4 Å². The zero-order chi connectivity index (χ0) is 20.1. The van der Waals surface area contributed by atoms with Crippen molar-refractivity contribution >= 4 is 0 Å². The Hall–Kier alpha value is -0.340. The van der Waals surface area contributed by atoms with E-state index in [2.05, 4.69) is 33.8 Å². The van der Waals surface area contributed by atoms with E-state index in [0.717, 1.165) is 43.4 Å². The van der Waals surface area contributed by atoms with E-state index in [1.807, 2.05) is 0 Å². The zero-order valence-electron chi connectivity index (χ0n) is 18.8. The maximum atomic E-state index is 10.8. The van der Waals surface area contributed by atoms with Crippen LogP contribution in [0.2, 0.25) is 0 Å². The van der Waals surface area contributed by atoms with Crippen molar-refractivity contribution in [1.29, 1.82) is 0 Å². The summed E-state index contributed by atoms with van der Waals surface area (Å²) in [4.78, 5) is 0. The molecule has 0 aromatic carbocycles. The highest BCUT2D eigenvalue weighted by atomic mass is 16.3. The molecule has 3 fully saturated rings. The normalized spacial score (nSPS) is 47.5. The fourth-order valence-corrected chi connectivity index (χ4v) is 8.49. The molecule has 0 radical (unpaired) electrons. The van der Waals surface area contributed by atoms with E-state index in [1.54, 1.807) is 5.57 Å². The molecule has 0 aromatic rings. The Balaban J connectivity index is 1.54. The molecule has 2 heteroatoms. The molecule has 28 heavy (non-hydrogen) atoms. The van der Waals surface area contributed by atoms with E-state index in [9.17, 15) is 10.2 Å². The molecule has 0 heterocycles. The predicted octanol–water partition coefficient (Wildman–Crippen LogP) is 6.11. The summed E-state index contributed by atoms with van der Waals surface area (Å²) in [5.74, 6) is 3.60. The third kappa shape index (κ3) is 3.22. The van der Waals surface area contributed by atoms with E-state index in [1.165, 1.54) is 44.9 Å². The Morgan fingerprint density at radius 2 is 1.89 bits per heavy atom. The quantitative estimate of drug-likeness (QED) is 0.558. The number of aliphatic hydroxyl groups excluding tert-OH is 2. The lowest BCUT2D eigenvalue weighted by Crippen LogP contribution is -2.51. The Bertz CT molecular complexity index is 597. The molecule has 0 aromatic heterocycles. The second-order valence-corrected chi connectivity index (χ2v) is 11.5.